The number of amides is 1. The van der Waals surface area contributed by atoms with E-state index in [-0.39, 0.29) is 22.4 Å². The van der Waals surface area contributed by atoms with Crippen LogP contribution in [0.15, 0.2) is 36.7 Å². The largest absolute Gasteiger partial charge is 0.506 e. The van der Waals surface area contributed by atoms with Gasteiger partial charge in [-0.1, -0.05) is 11.6 Å². The Kier molecular flexibility index (Phi) is 4.18. The summed E-state index contributed by atoms with van der Waals surface area (Å²) in [7, 11) is 0. The molecule has 3 N–H and O–H groups in total. The van der Waals surface area contributed by atoms with Gasteiger partial charge >= 0.3 is 0 Å². The van der Waals surface area contributed by atoms with Crippen molar-refractivity contribution < 1.29 is 14.3 Å². The highest BCUT2D eigenvalue weighted by Gasteiger charge is 2.11. The van der Waals surface area contributed by atoms with Gasteiger partial charge in [0.2, 0.25) is 5.91 Å². The molecule has 3 aromatic rings. The molecule has 0 saturated heterocycles. The first kappa shape index (κ1) is 15.9. The minimum absolute atomic E-state index is 0.0186. The van der Waals surface area contributed by atoms with E-state index in [1.807, 2.05) is 0 Å². The maximum atomic E-state index is 13.3. The molecular formula is C16H12ClFN4O2. The van der Waals surface area contributed by atoms with E-state index in [9.17, 15) is 14.3 Å². The molecule has 0 saturated carbocycles. The Morgan fingerprint density at radius 3 is 2.75 bits per heavy atom. The molecule has 6 nitrogen and oxygen atoms in total. The van der Waals surface area contributed by atoms with E-state index >= 15 is 0 Å². The van der Waals surface area contributed by atoms with Crippen molar-refractivity contribution in [2.75, 3.05) is 10.6 Å². The topological polar surface area (TPSA) is 87.1 Å². The van der Waals surface area contributed by atoms with Crippen LogP contribution in [0.1, 0.15) is 6.92 Å². The summed E-state index contributed by atoms with van der Waals surface area (Å²) in [5.74, 6) is -0.518. The summed E-state index contributed by atoms with van der Waals surface area (Å²) in [4.78, 5) is 19.5. The van der Waals surface area contributed by atoms with Gasteiger partial charge in [0.15, 0.2) is 0 Å². The number of rotatable bonds is 3. The Hall–Kier alpha value is -2.93. The lowest BCUT2D eigenvalue weighted by atomic mass is 10.2. The summed E-state index contributed by atoms with van der Waals surface area (Å²) < 4.78 is 13.3. The zero-order chi connectivity index (χ0) is 17.3. The molecule has 0 aliphatic heterocycles. The third-order valence-electron chi connectivity index (χ3n) is 3.25. The van der Waals surface area contributed by atoms with E-state index in [4.69, 9.17) is 11.6 Å². The normalized spacial score (nSPS) is 10.6. The first-order chi connectivity index (χ1) is 11.4. The highest BCUT2D eigenvalue weighted by atomic mass is 35.5. The molecule has 0 unspecified atom stereocenters. The van der Waals surface area contributed by atoms with Crippen LogP contribution in [0.3, 0.4) is 0 Å². The van der Waals surface area contributed by atoms with E-state index in [1.54, 1.807) is 6.07 Å². The molecule has 0 aliphatic rings. The van der Waals surface area contributed by atoms with Crippen LogP contribution >= 0.6 is 11.6 Å². The van der Waals surface area contributed by atoms with Crippen molar-refractivity contribution in [1.29, 1.82) is 0 Å². The van der Waals surface area contributed by atoms with E-state index in [1.165, 1.54) is 37.5 Å². The first-order valence-corrected chi connectivity index (χ1v) is 7.29. The minimum Gasteiger partial charge on any atom is -0.506 e. The minimum atomic E-state index is -0.521. The molecule has 3 rings (SSSR count). The van der Waals surface area contributed by atoms with Crippen molar-refractivity contribution in [1.82, 2.24) is 9.97 Å². The van der Waals surface area contributed by atoms with E-state index < -0.39 is 5.82 Å². The van der Waals surface area contributed by atoms with Crippen LogP contribution in [0.2, 0.25) is 5.02 Å². The second-order valence-corrected chi connectivity index (χ2v) is 5.45. The number of phenols is 1. The molecular weight excluding hydrogens is 335 g/mol. The first-order valence-electron chi connectivity index (χ1n) is 6.91. The molecule has 0 bridgehead atoms. The molecule has 24 heavy (non-hydrogen) atoms. The Bertz CT molecular complexity index is 949. The van der Waals surface area contributed by atoms with Gasteiger partial charge in [-0.25, -0.2) is 14.4 Å². The van der Waals surface area contributed by atoms with E-state index in [0.29, 0.717) is 22.4 Å². The van der Waals surface area contributed by atoms with Gasteiger partial charge < -0.3 is 15.7 Å². The van der Waals surface area contributed by atoms with Crippen molar-refractivity contribution in [2.45, 2.75) is 6.92 Å². The number of aromatic nitrogens is 2. The van der Waals surface area contributed by atoms with Crippen LogP contribution in [-0.2, 0) is 4.79 Å². The third-order valence-corrected chi connectivity index (χ3v) is 3.54. The van der Waals surface area contributed by atoms with Crippen molar-refractivity contribution >= 4 is 45.6 Å². The zero-order valence-electron chi connectivity index (χ0n) is 12.5. The molecule has 0 atom stereocenters. The Balaban J connectivity index is 2.06. The summed E-state index contributed by atoms with van der Waals surface area (Å²) in [6.45, 7) is 1.34. The number of benzene rings is 2. The molecule has 1 amide bonds. The summed E-state index contributed by atoms with van der Waals surface area (Å²) in [6, 6.07) is 7.16. The number of phenolic OH excluding ortho intramolecular Hbond substituents is 1. The Labute approximate surface area is 141 Å². The van der Waals surface area contributed by atoms with Crippen LogP contribution in [0, 0.1) is 5.82 Å². The Morgan fingerprint density at radius 1 is 1.25 bits per heavy atom. The van der Waals surface area contributed by atoms with Gasteiger partial charge in [-0.3, -0.25) is 4.79 Å². The summed E-state index contributed by atoms with van der Waals surface area (Å²) in [5.41, 5.74) is 1.26. The quantitative estimate of drug-likeness (QED) is 0.627. The molecule has 1 heterocycles. The fourth-order valence-corrected chi connectivity index (χ4v) is 2.37. The average molecular weight is 347 g/mol. The average Bonchev–Trinajstić information content (AvgIpc) is 2.52. The van der Waals surface area contributed by atoms with Crippen LogP contribution < -0.4 is 10.6 Å². The predicted molar refractivity (Wildman–Crippen MR) is 90.2 cm³/mol. The van der Waals surface area contributed by atoms with Gasteiger partial charge in [-0.15, -0.1) is 0 Å². The van der Waals surface area contributed by atoms with Gasteiger partial charge in [0, 0.05) is 24.1 Å². The number of hydrogen-bond acceptors (Lipinski definition) is 5. The van der Waals surface area contributed by atoms with Crippen LogP contribution in [0.25, 0.3) is 10.9 Å². The number of aromatic hydroxyl groups is 1. The molecule has 8 heteroatoms. The highest BCUT2D eigenvalue weighted by molar-refractivity contribution is 6.31. The number of hydrogen-bond donors (Lipinski definition) is 3. The third kappa shape index (κ3) is 3.21. The fourth-order valence-electron chi connectivity index (χ4n) is 2.19. The lowest BCUT2D eigenvalue weighted by molar-refractivity contribution is -0.114. The predicted octanol–water partition coefficient (Wildman–Crippen LogP) is 3.83. The summed E-state index contributed by atoms with van der Waals surface area (Å²) in [6.07, 6.45) is 1.33. The van der Waals surface area contributed by atoms with Crippen molar-refractivity contribution in [3.8, 4) is 5.75 Å². The standard InChI is InChI=1S/C16H12ClFN4O2/c1-8(23)21-14-5-10-13(6-15(14)24)19-7-20-16(10)22-9-2-3-12(18)11(17)4-9/h2-7,24H,1H3,(H,21,23)(H,19,20,22). The van der Waals surface area contributed by atoms with Crippen molar-refractivity contribution in [3.05, 3.63) is 47.5 Å². The number of nitrogens with zero attached hydrogens (tertiary/aromatic N) is 2. The van der Waals surface area contributed by atoms with Gasteiger partial charge in [-0.2, -0.15) is 0 Å². The second kappa shape index (κ2) is 6.29. The number of fused-ring (bicyclic) bond motifs is 1. The zero-order valence-corrected chi connectivity index (χ0v) is 13.2. The molecule has 0 radical (unpaired) electrons. The highest BCUT2D eigenvalue weighted by Crippen LogP contribution is 2.32. The molecule has 0 fully saturated rings. The lowest BCUT2D eigenvalue weighted by Crippen LogP contribution is -2.06. The molecule has 2 aromatic carbocycles. The summed E-state index contributed by atoms with van der Waals surface area (Å²) >= 11 is 5.77. The smallest absolute Gasteiger partial charge is 0.221 e. The molecule has 122 valence electrons. The Morgan fingerprint density at radius 2 is 2.04 bits per heavy atom. The SMILES string of the molecule is CC(=O)Nc1cc2c(Nc3ccc(F)c(Cl)c3)ncnc2cc1O. The number of anilines is 3. The van der Waals surface area contributed by atoms with Gasteiger partial charge in [0.25, 0.3) is 0 Å². The summed E-state index contributed by atoms with van der Waals surface area (Å²) in [5, 5.41) is 16.0. The second-order valence-electron chi connectivity index (χ2n) is 5.04. The van der Waals surface area contributed by atoms with Crippen molar-refractivity contribution in [3.63, 3.8) is 0 Å². The maximum Gasteiger partial charge on any atom is 0.221 e. The van der Waals surface area contributed by atoms with E-state index in [2.05, 4.69) is 20.6 Å². The van der Waals surface area contributed by atoms with Gasteiger partial charge in [-0.05, 0) is 24.3 Å². The van der Waals surface area contributed by atoms with Gasteiger partial charge in [0.05, 0.1) is 16.2 Å². The van der Waals surface area contributed by atoms with Crippen LogP contribution in [0.4, 0.5) is 21.6 Å². The maximum absolute atomic E-state index is 13.3. The monoisotopic (exact) mass is 346 g/mol. The number of carbonyl (C=O) groups excluding carboxylic acids is 1. The molecule has 1 aromatic heterocycles. The van der Waals surface area contributed by atoms with Crippen molar-refractivity contribution in [2.24, 2.45) is 0 Å². The van der Waals surface area contributed by atoms with Gasteiger partial charge in [0.1, 0.15) is 23.7 Å². The molecule has 0 spiro atoms. The number of nitrogens with one attached hydrogen (secondary N) is 2. The number of halogens is 2. The van der Waals surface area contributed by atoms with E-state index in [0.717, 1.165) is 0 Å². The van der Waals surface area contributed by atoms with Crippen LogP contribution in [0.5, 0.6) is 5.75 Å². The van der Waals surface area contributed by atoms with Crippen LogP contribution in [-0.4, -0.2) is 21.0 Å². The lowest BCUT2D eigenvalue weighted by Gasteiger charge is -2.11. The molecule has 0 aliphatic carbocycles. The number of carbonyl (C=O) groups is 1. The fraction of sp³-hybridized carbons (Fsp3) is 0.0625.